The standard InChI is InChI=1S/C21H18ClN5O/c1-12-9-26(11-18-14-3-6-19(22)24-16(14)10-27(12)18)17-5-2-13(8-23)21-15(17)4-7-20(28)25-21/h2-7,12,18H,9-11H2,1H3,(H,25,28). The quantitative estimate of drug-likeness (QED) is 0.644. The molecule has 0 amide bonds. The third kappa shape index (κ3) is 2.59. The highest BCUT2D eigenvalue weighted by Gasteiger charge is 2.39. The van der Waals surface area contributed by atoms with Crippen molar-refractivity contribution in [2.45, 2.75) is 25.6 Å². The Morgan fingerprint density at radius 2 is 2.07 bits per heavy atom. The molecule has 0 radical (unpaired) electrons. The lowest BCUT2D eigenvalue weighted by atomic mass is 10.0. The van der Waals surface area contributed by atoms with Crippen LogP contribution in [-0.4, -0.2) is 34.0 Å². The predicted molar refractivity (Wildman–Crippen MR) is 108 cm³/mol. The highest BCUT2D eigenvalue weighted by Crippen LogP contribution is 2.40. The fourth-order valence-electron chi connectivity index (χ4n) is 4.55. The molecule has 1 N–H and O–H groups in total. The lowest BCUT2D eigenvalue weighted by Crippen LogP contribution is -2.51. The summed E-state index contributed by atoms with van der Waals surface area (Å²) in [6.07, 6.45) is 0. The smallest absolute Gasteiger partial charge is 0.248 e. The SMILES string of the molecule is CC1CN(c2ccc(C#N)c3[nH]c(=O)ccc23)CC2c3ccc(Cl)nc3CN12. The summed E-state index contributed by atoms with van der Waals surface area (Å²) in [5.74, 6) is 0. The molecule has 6 nitrogen and oxygen atoms in total. The molecular weight excluding hydrogens is 374 g/mol. The fourth-order valence-corrected chi connectivity index (χ4v) is 4.72. The van der Waals surface area contributed by atoms with Crippen LogP contribution >= 0.6 is 11.6 Å². The van der Waals surface area contributed by atoms with Gasteiger partial charge in [0.1, 0.15) is 11.2 Å². The number of piperazine rings is 1. The monoisotopic (exact) mass is 391 g/mol. The molecule has 1 fully saturated rings. The molecule has 0 spiro atoms. The van der Waals surface area contributed by atoms with Crippen LogP contribution in [-0.2, 0) is 6.54 Å². The lowest BCUT2D eigenvalue weighted by Gasteiger charge is -2.43. The van der Waals surface area contributed by atoms with Gasteiger partial charge in [0.05, 0.1) is 22.8 Å². The van der Waals surface area contributed by atoms with E-state index in [4.69, 9.17) is 11.6 Å². The van der Waals surface area contributed by atoms with Crippen molar-refractivity contribution in [2.75, 3.05) is 18.0 Å². The zero-order valence-corrected chi connectivity index (χ0v) is 16.1. The summed E-state index contributed by atoms with van der Waals surface area (Å²) in [7, 11) is 0. The van der Waals surface area contributed by atoms with Crippen molar-refractivity contribution in [2.24, 2.45) is 0 Å². The van der Waals surface area contributed by atoms with Crippen LogP contribution in [0.4, 0.5) is 5.69 Å². The normalized spacial score (nSPS) is 21.4. The van der Waals surface area contributed by atoms with Gasteiger partial charge in [0.2, 0.25) is 5.56 Å². The van der Waals surface area contributed by atoms with Crippen molar-refractivity contribution in [3.63, 3.8) is 0 Å². The van der Waals surface area contributed by atoms with Crippen molar-refractivity contribution < 1.29 is 0 Å². The van der Waals surface area contributed by atoms with E-state index in [0.717, 1.165) is 36.4 Å². The number of nitrogens with zero attached hydrogens (tertiary/aromatic N) is 4. The zero-order chi connectivity index (χ0) is 19.4. The largest absolute Gasteiger partial charge is 0.368 e. The third-order valence-corrected chi connectivity index (χ3v) is 6.05. The number of nitriles is 1. The number of anilines is 1. The van der Waals surface area contributed by atoms with Crippen molar-refractivity contribution in [1.29, 1.82) is 5.26 Å². The molecular formula is C21H18ClN5O. The summed E-state index contributed by atoms with van der Waals surface area (Å²) < 4.78 is 0. The second-order valence-electron chi connectivity index (χ2n) is 7.47. The maximum absolute atomic E-state index is 11.8. The number of halogens is 1. The molecule has 5 rings (SSSR count). The van der Waals surface area contributed by atoms with Gasteiger partial charge in [0, 0.05) is 42.8 Å². The molecule has 1 aromatic carbocycles. The average Bonchev–Trinajstić information content (AvgIpc) is 3.05. The molecule has 7 heteroatoms. The number of aromatic nitrogens is 2. The van der Waals surface area contributed by atoms with Gasteiger partial charge in [-0.2, -0.15) is 5.26 Å². The van der Waals surface area contributed by atoms with Crippen LogP contribution in [0.15, 0.2) is 41.2 Å². The van der Waals surface area contributed by atoms with E-state index >= 15 is 0 Å². The van der Waals surface area contributed by atoms with E-state index in [9.17, 15) is 10.1 Å². The number of rotatable bonds is 1. The molecule has 3 aromatic rings. The molecule has 2 aliphatic rings. The number of benzene rings is 1. The van der Waals surface area contributed by atoms with Gasteiger partial charge in [-0.3, -0.25) is 9.69 Å². The maximum atomic E-state index is 11.8. The minimum absolute atomic E-state index is 0.202. The molecule has 0 bridgehead atoms. The number of fused-ring (bicyclic) bond motifs is 4. The van der Waals surface area contributed by atoms with Crippen molar-refractivity contribution in [3.05, 3.63) is 68.7 Å². The average molecular weight is 392 g/mol. The Morgan fingerprint density at radius 3 is 2.89 bits per heavy atom. The molecule has 1 saturated heterocycles. The summed E-state index contributed by atoms with van der Waals surface area (Å²) in [4.78, 5) is 24.0. The van der Waals surface area contributed by atoms with E-state index in [1.54, 1.807) is 6.07 Å². The highest BCUT2D eigenvalue weighted by molar-refractivity contribution is 6.29. The number of nitrogens with one attached hydrogen (secondary N) is 1. The summed E-state index contributed by atoms with van der Waals surface area (Å²) in [5, 5.41) is 10.8. The molecule has 0 saturated carbocycles. The minimum atomic E-state index is -0.202. The molecule has 140 valence electrons. The van der Waals surface area contributed by atoms with Gasteiger partial charge in [0.25, 0.3) is 0 Å². The van der Waals surface area contributed by atoms with Crippen molar-refractivity contribution >= 4 is 28.2 Å². The number of H-pyrrole nitrogens is 1. The van der Waals surface area contributed by atoms with Gasteiger partial charge in [0.15, 0.2) is 0 Å². The number of aromatic amines is 1. The Kier molecular flexibility index (Phi) is 3.90. The van der Waals surface area contributed by atoms with Gasteiger partial charge in [-0.15, -0.1) is 0 Å². The Labute approximate surface area is 167 Å². The molecule has 2 aromatic heterocycles. The molecule has 2 atom stereocenters. The van der Waals surface area contributed by atoms with Gasteiger partial charge in [-0.25, -0.2) is 4.98 Å². The Balaban J connectivity index is 1.59. The van der Waals surface area contributed by atoms with Crippen molar-refractivity contribution in [3.8, 4) is 6.07 Å². The Hall–Kier alpha value is -2.88. The maximum Gasteiger partial charge on any atom is 0.248 e. The predicted octanol–water partition coefficient (Wildman–Crippen LogP) is 3.21. The number of pyridine rings is 2. The second kappa shape index (κ2) is 6.33. The van der Waals surface area contributed by atoms with E-state index in [0.29, 0.717) is 22.3 Å². The van der Waals surface area contributed by atoms with Crippen LogP contribution in [0.5, 0.6) is 0 Å². The van der Waals surface area contributed by atoms with E-state index in [1.165, 1.54) is 11.6 Å². The van der Waals surface area contributed by atoms with E-state index in [-0.39, 0.29) is 11.6 Å². The zero-order valence-electron chi connectivity index (χ0n) is 15.3. The third-order valence-electron chi connectivity index (χ3n) is 5.84. The van der Waals surface area contributed by atoms with Crippen molar-refractivity contribution in [1.82, 2.24) is 14.9 Å². The second-order valence-corrected chi connectivity index (χ2v) is 7.85. The first kappa shape index (κ1) is 17.2. The van der Waals surface area contributed by atoms with Crippen LogP contribution in [0.1, 0.15) is 29.8 Å². The summed E-state index contributed by atoms with van der Waals surface area (Å²) >= 11 is 6.09. The first-order chi connectivity index (χ1) is 13.5. The molecule has 28 heavy (non-hydrogen) atoms. The van der Waals surface area contributed by atoms with Crippen LogP contribution in [0.3, 0.4) is 0 Å². The van der Waals surface area contributed by atoms with E-state index < -0.39 is 0 Å². The van der Waals surface area contributed by atoms with E-state index in [1.807, 2.05) is 18.2 Å². The summed E-state index contributed by atoms with van der Waals surface area (Å²) in [5.41, 5.74) is 4.20. The first-order valence-corrected chi connectivity index (χ1v) is 9.65. The minimum Gasteiger partial charge on any atom is -0.368 e. The first-order valence-electron chi connectivity index (χ1n) is 9.27. The van der Waals surface area contributed by atoms with Crippen LogP contribution in [0, 0.1) is 11.3 Å². The fraction of sp³-hybridized carbons (Fsp3) is 0.286. The van der Waals surface area contributed by atoms with Gasteiger partial charge >= 0.3 is 0 Å². The topological polar surface area (TPSA) is 76.0 Å². The van der Waals surface area contributed by atoms with Crippen LogP contribution in [0.25, 0.3) is 10.9 Å². The molecule has 0 aliphatic carbocycles. The summed E-state index contributed by atoms with van der Waals surface area (Å²) in [6.45, 7) is 4.72. The molecule has 2 unspecified atom stereocenters. The Bertz CT molecular complexity index is 1200. The van der Waals surface area contributed by atoms with Gasteiger partial charge in [-0.05, 0) is 36.8 Å². The number of hydrogen-bond donors (Lipinski definition) is 1. The molecule has 4 heterocycles. The van der Waals surface area contributed by atoms with Crippen LogP contribution < -0.4 is 10.5 Å². The van der Waals surface area contributed by atoms with Gasteiger partial charge in [-0.1, -0.05) is 17.7 Å². The summed E-state index contributed by atoms with van der Waals surface area (Å²) in [6, 6.07) is 13.8. The van der Waals surface area contributed by atoms with Crippen LogP contribution in [0.2, 0.25) is 5.15 Å². The molecule has 2 aliphatic heterocycles. The van der Waals surface area contributed by atoms with Gasteiger partial charge < -0.3 is 9.88 Å². The lowest BCUT2D eigenvalue weighted by molar-refractivity contribution is 0.133. The van der Waals surface area contributed by atoms with E-state index in [2.05, 4.69) is 38.8 Å². The number of hydrogen-bond acceptors (Lipinski definition) is 5. The Morgan fingerprint density at radius 1 is 1.21 bits per heavy atom. The highest BCUT2D eigenvalue weighted by atomic mass is 35.5.